The molecule has 1 aliphatic carbocycles. The van der Waals surface area contributed by atoms with Gasteiger partial charge >= 0.3 is 0 Å². The number of rotatable bonds is 4. The van der Waals surface area contributed by atoms with Gasteiger partial charge in [-0.2, -0.15) is 0 Å². The fourth-order valence-corrected chi connectivity index (χ4v) is 3.78. The van der Waals surface area contributed by atoms with Crippen molar-refractivity contribution in [2.45, 2.75) is 32.2 Å². The van der Waals surface area contributed by atoms with Gasteiger partial charge in [0.25, 0.3) is 0 Å². The summed E-state index contributed by atoms with van der Waals surface area (Å²) in [5, 5.41) is 3.44. The maximum absolute atomic E-state index is 3.44. The average Bonchev–Trinajstić information content (AvgIpc) is 3.27. The van der Waals surface area contributed by atoms with Gasteiger partial charge in [-0.05, 0) is 49.8 Å². The van der Waals surface area contributed by atoms with Gasteiger partial charge in [0.1, 0.15) is 0 Å². The fourth-order valence-electron chi connectivity index (χ4n) is 3.78. The third-order valence-electron chi connectivity index (χ3n) is 5.06. The van der Waals surface area contributed by atoms with Gasteiger partial charge in [0, 0.05) is 50.1 Å². The molecule has 1 aromatic rings. The summed E-state index contributed by atoms with van der Waals surface area (Å²) in [6, 6.07) is 7.69. The lowest BCUT2D eigenvalue weighted by molar-refractivity contribution is 0.162. The smallest absolute Gasteiger partial charge is 0.0421 e. The summed E-state index contributed by atoms with van der Waals surface area (Å²) in [5.74, 6) is 1.01. The Bertz CT molecular complexity index is 501. The normalized spacial score (nSPS) is 24.2. The van der Waals surface area contributed by atoms with Gasteiger partial charge in [0.15, 0.2) is 0 Å². The van der Waals surface area contributed by atoms with Crippen molar-refractivity contribution in [2.24, 2.45) is 5.92 Å². The summed E-state index contributed by atoms with van der Waals surface area (Å²) in [6.07, 6.45) is 4.18. The van der Waals surface area contributed by atoms with Crippen LogP contribution in [0.2, 0.25) is 0 Å². The summed E-state index contributed by atoms with van der Waals surface area (Å²) < 4.78 is 0. The van der Waals surface area contributed by atoms with Crippen molar-refractivity contribution in [3.8, 4) is 0 Å². The molecule has 1 saturated heterocycles. The molecule has 4 heteroatoms. The Morgan fingerprint density at radius 1 is 1.24 bits per heavy atom. The third-order valence-corrected chi connectivity index (χ3v) is 5.06. The quantitative estimate of drug-likeness (QED) is 0.922. The largest absolute Gasteiger partial charge is 0.385 e. The van der Waals surface area contributed by atoms with E-state index in [1.54, 1.807) is 5.56 Å². The molecule has 1 atom stereocenters. The third kappa shape index (κ3) is 3.00. The van der Waals surface area contributed by atoms with Crippen LogP contribution >= 0.6 is 12.4 Å². The molecular weight excluding hydrogens is 282 g/mol. The Hall–Kier alpha value is -0.930. The highest BCUT2D eigenvalue weighted by Crippen LogP contribution is 2.36. The summed E-state index contributed by atoms with van der Waals surface area (Å²) in [7, 11) is 0. The molecule has 0 aromatic heterocycles. The van der Waals surface area contributed by atoms with Crippen molar-refractivity contribution < 1.29 is 0 Å². The zero-order chi connectivity index (χ0) is 13.5. The second-order valence-electron chi connectivity index (χ2n) is 6.62. The topological polar surface area (TPSA) is 18.5 Å². The number of fused-ring (bicyclic) bond motifs is 4. The van der Waals surface area contributed by atoms with Gasteiger partial charge in [-0.1, -0.05) is 6.07 Å². The van der Waals surface area contributed by atoms with Gasteiger partial charge in [-0.3, -0.25) is 4.90 Å². The second-order valence-corrected chi connectivity index (χ2v) is 6.62. The van der Waals surface area contributed by atoms with E-state index in [2.05, 4.69) is 40.2 Å². The molecule has 1 N–H and O–H groups in total. The number of nitrogens with zero attached hydrogens (tertiary/aromatic N) is 2. The minimum Gasteiger partial charge on any atom is -0.385 e. The molecule has 2 aliphatic heterocycles. The Morgan fingerprint density at radius 2 is 2.10 bits per heavy atom. The van der Waals surface area contributed by atoms with Crippen LogP contribution in [0, 0.1) is 5.92 Å². The Morgan fingerprint density at radius 3 is 2.86 bits per heavy atom. The first-order valence-electron chi connectivity index (χ1n) is 8.19. The van der Waals surface area contributed by atoms with Gasteiger partial charge < -0.3 is 10.2 Å². The summed E-state index contributed by atoms with van der Waals surface area (Å²) in [5.41, 5.74) is 4.29. The lowest BCUT2D eigenvalue weighted by atomic mass is 9.94. The fraction of sp³-hybridized carbons (Fsp3) is 0.647. The van der Waals surface area contributed by atoms with E-state index in [1.165, 1.54) is 56.8 Å². The number of anilines is 2. The van der Waals surface area contributed by atoms with Crippen LogP contribution in [-0.2, 0) is 6.42 Å². The maximum Gasteiger partial charge on any atom is 0.0421 e. The highest BCUT2D eigenvalue weighted by Gasteiger charge is 2.35. The molecular formula is C17H26ClN3. The van der Waals surface area contributed by atoms with E-state index in [0.29, 0.717) is 0 Å². The molecule has 2 bridgehead atoms. The molecule has 1 saturated carbocycles. The number of benzene rings is 1. The minimum atomic E-state index is 0. The maximum atomic E-state index is 3.44. The van der Waals surface area contributed by atoms with E-state index in [9.17, 15) is 0 Å². The predicted octanol–water partition coefficient (Wildman–Crippen LogP) is 3.00. The molecule has 1 unspecified atom stereocenters. The molecule has 3 aliphatic rings. The molecule has 0 spiro atoms. The van der Waals surface area contributed by atoms with E-state index in [-0.39, 0.29) is 12.4 Å². The zero-order valence-electron chi connectivity index (χ0n) is 12.8. The van der Waals surface area contributed by atoms with Crippen LogP contribution in [-0.4, -0.2) is 43.7 Å². The van der Waals surface area contributed by atoms with E-state index < -0.39 is 0 Å². The van der Waals surface area contributed by atoms with Crippen molar-refractivity contribution in [2.75, 3.05) is 42.9 Å². The number of hydrogen-bond donors (Lipinski definition) is 1. The Labute approximate surface area is 134 Å². The highest BCUT2D eigenvalue weighted by atomic mass is 35.5. The van der Waals surface area contributed by atoms with Gasteiger partial charge in [0.05, 0.1) is 0 Å². The lowest BCUT2D eigenvalue weighted by Gasteiger charge is -2.47. The molecule has 2 fully saturated rings. The van der Waals surface area contributed by atoms with Crippen LogP contribution in [0.15, 0.2) is 18.2 Å². The van der Waals surface area contributed by atoms with Gasteiger partial charge in [-0.25, -0.2) is 0 Å². The van der Waals surface area contributed by atoms with Gasteiger partial charge in [-0.15, -0.1) is 12.4 Å². The van der Waals surface area contributed by atoms with Crippen LogP contribution < -0.4 is 10.2 Å². The molecule has 2 heterocycles. The molecule has 1 aromatic carbocycles. The van der Waals surface area contributed by atoms with E-state index >= 15 is 0 Å². The van der Waals surface area contributed by atoms with Crippen molar-refractivity contribution in [1.29, 1.82) is 0 Å². The Kier molecular flexibility index (Phi) is 4.32. The number of nitrogens with one attached hydrogen (secondary N) is 1. The van der Waals surface area contributed by atoms with Crippen molar-refractivity contribution in [3.05, 3.63) is 23.8 Å². The van der Waals surface area contributed by atoms with E-state index in [1.807, 2.05) is 0 Å². The van der Waals surface area contributed by atoms with Crippen LogP contribution in [0.1, 0.15) is 25.3 Å². The van der Waals surface area contributed by atoms with E-state index in [0.717, 1.165) is 18.5 Å². The van der Waals surface area contributed by atoms with Crippen LogP contribution in [0.4, 0.5) is 11.4 Å². The SMILES string of the molecule is CCNc1ccc2c(c1)N1CCN(CC3CC3)C(C2)C1.Cl. The number of piperazine rings is 1. The van der Waals surface area contributed by atoms with Crippen LogP contribution in [0.3, 0.4) is 0 Å². The first kappa shape index (κ1) is 15.0. The molecule has 0 amide bonds. The monoisotopic (exact) mass is 307 g/mol. The van der Waals surface area contributed by atoms with Crippen molar-refractivity contribution >= 4 is 23.8 Å². The molecule has 4 rings (SSSR count). The molecule has 21 heavy (non-hydrogen) atoms. The molecule has 116 valence electrons. The first-order chi connectivity index (χ1) is 9.83. The van der Waals surface area contributed by atoms with Crippen LogP contribution in [0.25, 0.3) is 0 Å². The van der Waals surface area contributed by atoms with Crippen molar-refractivity contribution in [3.63, 3.8) is 0 Å². The number of hydrogen-bond acceptors (Lipinski definition) is 3. The number of halogens is 1. The highest BCUT2D eigenvalue weighted by molar-refractivity contribution is 5.85. The standard InChI is InChI=1S/C17H25N3.ClH/c1-2-18-15-6-5-14-9-16-12-20(17(14)10-15)8-7-19(16)11-13-3-4-13;/h5-6,10,13,16,18H,2-4,7-9,11-12H2,1H3;1H. The van der Waals surface area contributed by atoms with E-state index in [4.69, 9.17) is 0 Å². The molecule has 0 radical (unpaired) electrons. The zero-order valence-corrected chi connectivity index (χ0v) is 13.7. The lowest BCUT2D eigenvalue weighted by Crippen LogP contribution is -2.57. The summed E-state index contributed by atoms with van der Waals surface area (Å²) in [4.78, 5) is 5.36. The first-order valence-corrected chi connectivity index (χ1v) is 8.19. The molecule has 3 nitrogen and oxygen atoms in total. The average molecular weight is 308 g/mol. The van der Waals surface area contributed by atoms with Crippen LogP contribution in [0.5, 0.6) is 0 Å². The minimum absolute atomic E-state index is 0. The summed E-state index contributed by atoms with van der Waals surface area (Å²) in [6.45, 7) is 8.19. The second kappa shape index (κ2) is 6.05. The van der Waals surface area contributed by atoms with Gasteiger partial charge in [0.2, 0.25) is 0 Å². The predicted molar refractivity (Wildman–Crippen MR) is 91.9 cm³/mol. The Balaban J connectivity index is 0.00000132. The van der Waals surface area contributed by atoms with Crippen molar-refractivity contribution in [1.82, 2.24) is 4.90 Å². The summed E-state index contributed by atoms with van der Waals surface area (Å²) >= 11 is 0.